The van der Waals surface area contributed by atoms with Crippen LogP contribution in [0, 0.1) is 17.0 Å². The normalized spacial score (nSPS) is 10.8. The zero-order valence-corrected chi connectivity index (χ0v) is 12.3. The Kier molecular flexibility index (Phi) is 3.78. The predicted octanol–water partition coefficient (Wildman–Crippen LogP) is 4.04. The van der Waals surface area contributed by atoms with Gasteiger partial charge < -0.3 is 10.3 Å². The number of benzene rings is 2. The van der Waals surface area contributed by atoms with E-state index in [4.69, 9.17) is 0 Å². The number of hydrogen-bond donors (Lipinski definition) is 2. The summed E-state index contributed by atoms with van der Waals surface area (Å²) in [6.45, 7) is 2.53. The van der Waals surface area contributed by atoms with Gasteiger partial charge in [-0.1, -0.05) is 18.2 Å². The highest BCUT2D eigenvalue weighted by atomic mass is 16.6. The molecule has 0 saturated heterocycles. The highest BCUT2D eigenvalue weighted by Gasteiger charge is 2.10. The van der Waals surface area contributed by atoms with Gasteiger partial charge in [0.25, 0.3) is 5.69 Å². The number of anilines is 1. The van der Waals surface area contributed by atoms with Crippen LogP contribution in [0.5, 0.6) is 0 Å². The maximum absolute atomic E-state index is 10.8. The van der Waals surface area contributed by atoms with Gasteiger partial charge in [0, 0.05) is 41.0 Å². The summed E-state index contributed by atoms with van der Waals surface area (Å²) in [5, 5.41) is 15.4. The Morgan fingerprint density at radius 2 is 2.05 bits per heavy atom. The Bertz CT molecular complexity index is 824. The molecule has 3 aromatic rings. The van der Waals surface area contributed by atoms with Gasteiger partial charge in [-0.25, -0.2) is 0 Å². The van der Waals surface area contributed by atoms with Crippen LogP contribution in [0.2, 0.25) is 0 Å². The Hall–Kier alpha value is -2.82. The highest BCUT2D eigenvalue weighted by molar-refractivity contribution is 5.83. The van der Waals surface area contributed by atoms with E-state index in [-0.39, 0.29) is 10.6 Å². The number of nitrogens with zero attached hydrogens (tertiary/aromatic N) is 1. The molecule has 0 aliphatic heterocycles. The number of aromatic nitrogens is 1. The molecule has 1 heterocycles. The van der Waals surface area contributed by atoms with Crippen LogP contribution < -0.4 is 5.32 Å². The lowest BCUT2D eigenvalue weighted by Crippen LogP contribution is -2.05. The first-order chi connectivity index (χ1) is 10.6. The van der Waals surface area contributed by atoms with Gasteiger partial charge in [-0.05, 0) is 37.1 Å². The van der Waals surface area contributed by atoms with E-state index in [9.17, 15) is 10.1 Å². The molecular formula is C17H17N3O2. The quantitative estimate of drug-likeness (QED) is 0.551. The minimum Gasteiger partial charge on any atom is -0.385 e. The van der Waals surface area contributed by atoms with Crippen LogP contribution in [0.3, 0.4) is 0 Å². The average Bonchev–Trinajstić information content (AvgIpc) is 2.90. The van der Waals surface area contributed by atoms with Crippen LogP contribution in [0.1, 0.15) is 11.1 Å². The predicted molar refractivity (Wildman–Crippen MR) is 88.3 cm³/mol. The summed E-state index contributed by atoms with van der Waals surface area (Å²) in [5.41, 5.74) is 4.14. The smallest absolute Gasteiger partial charge is 0.272 e. The second-order valence-corrected chi connectivity index (χ2v) is 5.29. The molecule has 0 aliphatic rings. The van der Waals surface area contributed by atoms with Crippen molar-refractivity contribution in [1.82, 2.24) is 4.98 Å². The number of fused-ring (bicyclic) bond motifs is 1. The Morgan fingerprint density at radius 3 is 2.82 bits per heavy atom. The topological polar surface area (TPSA) is 71.0 Å². The number of nitro groups is 1. The summed E-state index contributed by atoms with van der Waals surface area (Å²) < 4.78 is 0. The first kappa shape index (κ1) is 14.1. The molecule has 0 unspecified atom stereocenters. The summed E-state index contributed by atoms with van der Waals surface area (Å²) in [6.07, 6.45) is 2.92. The summed E-state index contributed by atoms with van der Waals surface area (Å²) in [6, 6.07) is 13.3. The number of aryl methyl sites for hydroxylation is 1. The van der Waals surface area contributed by atoms with E-state index in [1.165, 1.54) is 10.9 Å². The van der Waals surface area contributed by atoms with Crippen LogP contribution in [-0.2, 0) is 6.42 Å². The third-order valence-electron chi connectivity index (χ3n) is 3.79. The largest absolute Gasteiger partial charge is 0.385 e. The van der Waals surface area contributed by atoms with Crippen LogP contribution in [-0.4, -0.2) is 16.5 Å². The third-order valence-corrected chi connectivity index (χ3v) is 3.79. The van der Waals surface area contributed by atoms with E-state index in [1.54, 1.807) is 19.1 Å². The minimum absolute atomic E-state index is 0.155. The van der Waals surface area contributed by atoms with Crippen LogP contribution in [0.4, 0.5) is 11.4 Å². The maximum Gasteiger partial charge on any atom is 0.272 e. The zero-order valence-electron chi connectivity index (χ0n) is 12.3. The van der Waals surface area contributed by atoms with Crippen molar-refractivity contribution in [3.05, 3.63) is 69.9 Å². The lowest BCUT2D eigenvalue weighted by molar-refractivity contribution is -0.385. The van der Waals surface area contributed by atoms with E-state index in [0.29, 0.717) is 5.56 Å². The number of nitrogens with one attached hydrogen (secondary N) is 2. The number of nitro benzene ring substituents is 1. The molecule has 0 bridgehead atoms. The van der Waals surface area contributed by atoms with Gasteiger partial charge >= 0.3 is 0 Å². The Labute approximate surface area is 128 Å². The van der Waals surface area contributed by atoms with Gasteiger partial charge in [-0.3, -0.25) is 10.1 Å². The van der Waals surface area contributed by atoms with E-state index in [1.807, 2.05) is 24.4 Å². The van der Waals surface area contributed by atoms with Crippen LogP contribution in [0.25, 0.3) is 10.9 Å². The standard InChI is InChI=1S/C17H17N3O2/c1-12-10-14(6-7-17(12)20(21)22)18-9-8-13-11-19-16-5-3-2-4-15(13)16/h2-7,10-11,18-19H,8-9H2,1H3. The molecule has 2 N–H and O–H groups in total. The summed E-state index contributed by atoms with van der Waals surface area (Å²) >= 11 is 0. The van der Waals surface area contributed by atoms with Crippen molar-refractivity contribution in [2.75, 3.05) is 11.9 Å². The van der Waals surface area contributed by atoms with Gasteiger partial charge in [0.2, 0.25) is 0 Å². The zero-order chi connectivity index (χ0) is 15.5. The van der Waals surface area contributed by atoms with E-state index < -0.39 is 0 Å². The van der Waals surface area contributed by atoms with Crippen molar-refractivity contribution in [1.29, 1.82) is 0 Å². The molecule has 112 valence electrons. The molecule has 5 heteroatoms. The summed E-state index contributed by atoms with van der Waals surface area (Å²) in [7, 11) is 0. The van der Waals surface area contributed by atoms with Crippen molar-refractivity contribution < 1.29 is 4.92 Å². The van der Waals surface area contributed by atoms with Crippen molar-refractivity contribution in [3.8, 4) is 0 Å². The van der Waals surface area contributed by atoms with Gasteiger partial charge in [0.1, 0.15) is 0 Å². The first-order valence-electron chi connectivity index (χ1n) is 7.19. The summed E-state index contributed by atoms with van der Waals surface area (Å²) in [4.78, 5) is 13.7. The molecule has 22 heavy (non-hydrogen) atoms. The number of rotatable bonds is 5. The molecule has 0 amide bonds. The number of aromatic amines is 1. The monoisotopic (exact) mass is 295 g/mol. The number of hydrogen-bond acceptors (Lipinski definition) is 3. The molecule has 0 aliphatic carbocycles. The maximum atomic E-state index is 10.8. The molecule has 0 fully saturated rings. The van der Waals surface area contributed by atoms with Gasteiger partial charge in [-0.15, -0.1) is 0 Å². The Morgan fingerprint density at radius 1 is 1.23 bits per heavy atom. The van der Waals surface area contributed by atoms with Gasteiger partial charge in [0.05, 0.1) is 4.92 Å². The fourth-order valence-electron chi connectivity index (χ4n) is 2.65. The average molecular weight is 295 g/mol. The molecule has 0 radical (unpaired) electrons. The van der Waals surface area contributed by atoms with Crippen molar-refractivity contribution in [3.63, 3.8) is 0 Å². The molecule has 1 aromatic heterocycles. The molecule has 0 atom stereocenters. The van der Waals surface area contributed by atoms with Crippen molar-refractivity contribution in [2.45, 2.75) is 13.3 Å². The van der Waals surface area contributed by atoms with Gasteiger partial charge in [-0.2, -0.15) is 0 Å². The second-order valence-electron chi connectivity index (χ2n) is 5.29. The molecule has 0 spiro atoms. The SMILES string of the molecule is Cc1cc(NCCc2c[nH]c3ccccc23)ccc1[N+](=O)[O-]. The number of para-hydroxylation sites is 1. The van der Waals surface area contributed by atoms with E-state index in [0.717, 1.165) is 24.2 Å². The summed E-state index contributed by atoms with van der Waals surface area (Å²) in [5.74, 6) is 0. The second kappa shape index (κ2) is 5.89. The van der Waals surface area contributed by atoms with Crippen LogP contribution >= 0.6 is 0 Å². The Balaban J connectivity index is 1.66. The lowest BCUT2D eigenvalue weighted by Gasteiger charge is -2.07. The molecular weight excluding hydrogens is 278 g/mol. The lowest BCUT2D eigenvalue weighted by atomic mass is 10.1. The first-order valence-corrected chi connectivity index (χ1v) is 7.19. The third kappa shape index (κ3) is 2.79. The molecule has 5 nitrogen and oxygen atoms in total. The van der Waals surface area contributed by atoms with Crippen molar-refractivity contribution in [2.24, 2.45) is 0 Å². The molecule has 3 rings (SSSR count). The number of H-pyrrole nitrogens is 1. The molecule has 2 aromatic carbocycles. The van der Waals surface area contributed by atoms with Gasteiger partial charge in [0.15, 0.2) is 0 Å². The molecule has 0 saturated carbocycles. The van der Waals surface area contributed by atoms with E-state index >= 15 is 0 Å². The fourth-order valence-corrected chi connectivity index (χ4v) is 2.65. The van der Waals surface area contributed by atoms with Crippen LogP contribution in [0.15, 0.2) is 48.7 Å². The van der Waals surface area contributed by atoms with Crippen molar-refractivity contribution >= 4 is 22.3 Å². The van der Waals surface area contributed by atoms with E-state index in [2.05, 4.69) is 22.4 Å². The highest BCUT2D eigenvalue weighted by Crippen LogP contribution is 2.22. The minimum atomic E-state index is -0.356. The fraction of sp³-hybridized carbons (Fsp3) is 0.176.